The summed E-state index contributed by atoms with van der Waals surface area (Å²) in [6.07, 6.45) is 5.41. The predicted molar refractivity (Wildman–Crippen MR) is 72.2 cm³/mol. The number of anilines is 1. The summed E-state index contributed by atoms with van der Waals surface area (Å²) in [5.74, 6) is 0. The Morgan fingerprint density at radius 1 is 1.11 bits per heavy atom. The molecule has 2 heterocycles. The number of benzene rings is 1. The molecule has 0 spiro atoms. The molecule has 2 aromatic rings. The summed E-state index contributed by atoms with van der Waals surface area (Å²) >= 11 is 0. The molecule has 90 valence electrons. The molecule has 1 unspecified atom stereocenters. The van der Waals surface area contributed by atoms with E-state index < -0.39 is 0 Å². The zero-order valence-electron chi connectivity index (χ0n) is 9.82. The van der Waals surface area contributed by atoms with E-state index in [2.05, 4.69) is 10.4 Å². The lowest BCUT2D eigenvalue weighted by Crippen LogP contribution is -2.41. The zero-order valence-corrected chi connectivity index (χ0v) is 9.82. The van der Waals surface area contributed by atoms with Crippen molar-refractivity contribution in [2.75, 3.05) is 5.01 Å². The van der Waals surface area contributed by atoms with Crippen molar-refractivity contribution < 1.29 is 0 Å². The van der Waals surface area contributed by atoms with Gasteiger partial charge >= 0.3 is 0 Å². The highest BCUT2D eigenvalue weighted by atomic mass is 15.6. The van der Waals surface area contributed by atoms with Crippen molar-refractivity contribution in [2.45, 2.75) is 6.17 Å². The third kappa shape index (κ3) is 1.99. The molecule has 0 saturated carbocycles. The number of nitrogens with one attached hydrogen (secondary N) is 1. The van der Waals surface area contributed by atoms with Gasteiger partial charge < -0.3 is 5.73 Å². The van der Waals surface area contributed by atoms with Crippen LogP contribution in [0.25, 0.3) is 5.70 Å². The maximum absolute atomic E-state index is 5.94. The molecule has 3 N–H and O–H groups in total. The number of rotatable bonds is 2. The van der Waals surface area contributed by atoms with Gasteiger partial charge in [-0.1, -0.05) is 18.2 Å². The van der Waals surface area contributed by atoms with Crippen LogP contribution < -0.4 is 16.2 Å². The van der Waals surface area contributed by atoms with Crippen molar-refractivity contribution in [2.24, 2.45) is 5.73 Å². The highest BCUT2D eigenvalue weighted by molar-refractivity contribution is 5.80. The van der Waals surface area contributed by atoms with Crippen LogP contribution in [0.4, 0.5) is 5.69 Å². The van der Waals surface area contributed by atoms with Crippen LogP contribution in [0.15, 0.2) is 60.9 Å². The Morgan fingerprint density at radius 3 is 2.67 bits per heavy atom. The van der Waals surface area contributed by atoms with E-state index in [-0.39, 0.29) is 6.17 Å². The molecule has 0 bridgehead atoms. The van der Waals surface area contributed by atoms with Gasteiger partial charge in [0.2, 0.25) is 0 Å². The molecule has 1 aliphatic heterocycles. The van der Waals surface area contributed by atoms with E-state index in [0.717, 1.165) is 16.9 Å². The first kappa shape index (κ1) is 11.0. The Balaban J connectivity index is 1.99. The SMILES string of the molecule is NC1C=C(c2cccnc2)N(c2ccccc2)N1. The molecule has 0 amide bonds. The van der Waals surface area contributed by atoms with Crippen molar-refractivity contribution in [1.82, 2.24) is 10.4 Å². The Morgan fingerprint density at radius 2 is 1.94 bits per heavy atom. The minimum atomic E-state index is -0.180. The van der Waals surface area contributed by atoms with Crippen LogP contribution >= 0.6 is 0 Å². The van der Waals surface area contributed by atoms with Gasteiger partial charge in [-0.05, 0) is 30.3 Å². The number of hydrazine groups is 1. The predicted octanol–water partition coefficient (Wildman–Crippen LogP) is 1.73. The Hall–Kier alpha value is -2.17. The van der Waals surface area contributed by atoms with Crippen LogP contribution in [0.1, 0.15) is 5.56 Å². The Bertz CT molecular complexity index is 551. The summed E-state index contributed by atoms with van der Waals surface area (Å²) in [7, 11) is 0. The van der Waals surface area contributed by atoms with Crippen molar-refractivity contribution in [3.63, 3.8) is 0 Å². The van der Waals surface area contributed by atoms with E-state index in [1.165, 1.54) is 0 Å². The molecule has 1 aliphatic rings. The first-order chi connectivity index (χ1) is 8.84. The fourth-order valence-electron chi connectivity index (χ4n) is 2.03. The van der Waals surface area contributed by atoms with E-state index in [9.17, 15) is 0 Å². The molecule has 4 heteroatoms. The van der Waals surface area contributed by atoms with E-state index in [1.54, 1.807) is 6.20 Å². The van der Waals surface area contributed by atoms with Crippen LogP contribution in [0.2, 0.25) is 0 Å². The molecule has 0 aliphatic carbocycles. The fourth-order valence-corrected chi connectivity index (χ4v) is 2.03. The number of para-hydroxylation sites is 1. The number of pyridine rings is 1. The van der Waals surface area contributed by atoms with Crippen molar-refractivity contribution in [3.05, 3.63) is 66.5 Å². The second-order valence-corrected chi connectivity index (χ2v) is 4.12. The van der Waals surface area contributed by atoms with Crippen LogP contribution in [-0.4, -0.2) is 11.1 Å². The normalized spacial score (nSPS) is 18.8. The van der Waals surface area contributed by atoms with Gasteiger partial charge in [0.15, 0.2) is 0 Å². The second-order valence-electron chi connectivity index (χ2n) is 4.12. The monoisotopic (exact) mass is 238 g/mol. The Labute approximate surface area is 106 Å². The minimum Gasteiger partial charge on any atom is -0.311 e. The number of nitrogens with two attached hydrogens (primary N) is 1. The maximum Gasteiger partial charge on any atom is 0.0942 e. The molecular weight excluding hydrogens is 224 g/mol. The maximum atomic E-state index is 5.94. The van der Waals surface area contributed by atoms with Gasteiger partial charge in [-0.15, -0.1) is 0 Å². The van der Waals surface area contributed by atoms with Crippen LogP contribution in [0.3, 0.4) is 0 Å². The molecule has 4 nitrogen and oxygen atoms in total. The minimum absolute atomic E-state index is 0.180. The van der Waals surface area contributed by atoms with Crippen molar-refractivity contribution in [3.8, 4) is 0 Å². The molecular formula is C14H14N4. The molecule has 0 fully saturated rings. The van der Waals surface area contributed by atoms with E-state index in [1.807, 2.05) is 59.7 Å². The van der Waals surface area contributed by atoms with Gasteiger partial charge in [-0.3, -0.25) is 9.99 Å². The van der Waals surface area contributed by atoms with Crippen molar-refractivity contribution in [1.29, 1.82) is 0 Å². The van der Waals surface area contributed by atoms with E-state index in [4.69, 9.17) is 5.73 Å². The van der Waals surface area contributed by atoms with E-state index in [0.29, 0.717) is 0 Å². The third-order valence-corrected chi connectivity index (χ3v) is 2.83. The van der Waals surface area contributed by atoms with Crippen LogP contribution in [0.5, 0.6) is 0 Å². The smallest absolute Gasteiger partial charge is 0.0942 e. The van der Waals surface area contributed by atoms with Crippen LogP contribution in [0, 0.1) is 0 Å². The summed E-state index contributed by atoms with van der Waals surface area (Å²) in [6, 6.07) is 14.0. The summed E-state index contributed by atoms with van der Waals surface area (Å²) in [5, 5.41) is 1.99. The Kier molecular flexibility index (Phi) is 2.80. The van der Waals surface area contributed by atoms with Crippen LogP contribution in [-0.2, 0) is 0 Å². The fraction of sp³-hybridized carbons (Fsp3) is 0.0714. The van der Waals surface area contributed by atoms with Gasteiger partial charge in [0, 0.05) is 18.0 Å². The summed E-state index contributed by atoms with van der Waals surface area (Å²) < 4.78 is 0. The molecule has 1 atom stereocenters. The van der Waals surface area contributed by atoms with Gasteiger partial charge in [-0.2, -0.15) is 0 Å². The van der Waals surface area contributed by atoms with Gasteiger partial charge in [-0.25, -0.2) is 5.43 Å². The quantitative estimate of drug-likeness (QED) is 0.836. The molecule has 0 radical (unpaired) electrons. The molecule has 1 aromatic heterocycles. The first-order valence-corrected chi connectivity index (χ1v) is 5.84. The zero-order chi connectivity index (χ0) is 12.4. The number of hydrogen-bond donors (Lipinski definition) is 2. The largest absolute Gasteiger partial charge is 0.311 e. The summed E-state index contributed by atoms with van der Waals surface area (Å²) in [4.78, 5) is 4.15. The van der Waals surface area contributed by atoms with E-state index >= 15 is 0 Å². The molecule has 0 saturated heterocycles. The average Bonchev–Trinajstić information content (AvgIpc) is 2.83. The lowest BCUT2D eigenvalue weighted by Gasteiger charge is -2.23. The van der Waals surface area contributed by atoms with Gasteiger partial charge in [0.1, 0.15) is 0 Å². The lowest BCUT2D eigenvalue weighted by molar-refractivity contribution is 0.662. The lowest BCUT2D eigenvalue weighted by atomic mass is 10.2. The standard InChI is InChI=1S/C14H14N4/c15-14-9-13(11-5-4-8-16-10-11)18(17-14)12-6-2-1-3-7-12/h1-10,14,17H,15H2. The number of nitrogens with zero attached hydrogens (tertiary/aromatic N) is 2. The summed E-state index contributed by atoms with van der Waals surface area (Å²) in [5.41, 5.74) is 12.3. The summed E-state index contributed by atoms with van der Waals surface area (Å²) in [6.45, 7) is 0. The average molecular weight is 238 g/mol. The molecule has 18 heavy (non-hydrogen) atoms. The van der Waals surface area contributed by atoms with Crippen molar-refractivity contribution >= 4 is 11.4 Å². The van der Waals surface area contributed by atoms with Gasteiger partial charge in [0.05, 0.1) is 17.6 Å². The number of hydrogen-bond acceptors (Lipinski definition) is 4. The second kappa shape index (κ2) is 4.60. The topological polar surface area (TPSA) is 54.2 Å². The molecule has 3 rings (SSSR count). The number of aromatic nitrogens is 1. The molecule has 1 aromatic carbocycles. The third-order valence-electron chi connectivity index (χ3n) is 2.83. The highest BCUT2D eigenvalue weighted by Gasteiger charge is 2.22. The first-order valence-electron chi connectivity index (χ1n) is 5.84. The highest BCUT2D eigenvalue weighted by Crippen LogP contribution is 2.27. The van der Waals surface area contributed by atoms with Gasteiger partial charge in [0.25, 0.3) is 0 Å².